The normalized spacial score (nSPS) is 9.53. The maximum absolute atomic E-state index is 11.2. The third-order valence-corrected chi connectivity index (χ3v) is 2.05. The first-order valence-electron chi connectivity index (χ1n) is 4.62. The molecule has 0 aliphatic heterocycles. The molecule has 7 heteroatoms. The molecule has 0 spiro atoms. The molecular formula is C10H13N3O4. The predicted octanol–water partition coefficient (Wildman–Crippen LogP) is 0.293. The number of rotatable bonds is 4. The number of nitrogens with one attached hydrogen (secondary N) is 1. The average molecular weight is 239 g/mol. The van der Waals surface area contributed by atoms with Crippen molar-refractivity contribution in [3.05, 3.63) is 17.7 Å². The van der Waals surface area contributed by atoms with Gasteiger partial charge in [0.25, 0.3) is 5.91 Å². The first kappa shape index (κ1) is 12.6. The minimum Gasteiger partial charge on any atom is -0.493 e. The number of ether oxygens (including phenoxy) is 2. The van der Waals surface area contributed by atoms with Crippen molar-refractivity contribution in [3.8, 4) is 11.5 Å². The van der Waals surface area contributed by atoms with E-state index in [0.717, 1.165) is 0 Å². The van der Waals surface area contributed by atoms with Gasteiger partial charge in [0.1, 0.15) is 0 Å². The van der Waals surface area contributed by atoms with E-state index >= 15 is 0 Å². The zero-order valence-electron chi connectivity index (χ0n) is 9.44. The van der Waals surface area contributed by atoms with Crippen molar-refractivity contribution in [2.24, 2.45) is 11.5 Å². The number of primary amides is 2. The molecule has 0 atom stereocenters. The summed E-state index contributed by atoms with van der Waals surface area (Å²) in [6, 6.07) is 1.97. The summed E-state index contributed by atoms with van der Waals surface area (Å²) in [7, 11) is 2.85. The minimum atomic E-state index is -0.806. The van der Waals surface area contributed by atoms with Crippen molar-refractivity contribution in [3.63, 3.8) is 0 Å². The Kier molecular flexibility index (Phi) is 3.76. The highest BCUT2D eigenvalue weighted by Gasteiger charge is 2.15. The Morgan fingerprint density at radius 3 is 2.06 bits per heavy atom. The molecule has 92 valence electrons. The van der Waals surface area contributed by atoms with Crippen LogP contribution in [-0.4, -0.2) is 26.2 Å². The van der Waals surface area contributed by atoms with Crippen LogP contribution in [0.3, 0.4) is 0 Å². The minimum absolute atomic E-state index is 0.0847. The number of benzene rings is 1. The van der Waals surface area contributed by atoms with Crippen molar-refractivity contribution < 1.29 is 19.1 Å². The second-order valence-corrected chi connectivity index (χ2v) is 3.11. The second kappa shape index (κ2) is 5.06. The van der Waals surface area contributed by atoms with Gasteiger partial charge in [0.05, 0.1) is 25.5 Å². The lowest BCUT2D eigenvalue weighted by Gasteiger charge is -2.13. The molecule has 0 heterocycles. The van der Waals surface area contributed by atoms with Gasteiger partial charge in [0.15, 0.2) is 11.5 Å². The van der Waals surface area contributed by atoms with Crippen molar-refractivity contribution >= 4 is 17.6 Å². The zero-order valence-corrected chi connectivity index (χ0v) is 9.44. The number of anilines is 1. The molecule has 0 unspecified atom stereocenters. The lowest BCUT2D eigenvalue weighted by molar-refractivity contribution is 0.100. The van der Waals surface area contributed by atoms with Gasteiger partial charge in [-0.3, -0.25) is 4.79 Å². The number of methoxy groups -OCH3 is 2. The Bertz CT molecular complexity index is 459. The van der Waals surface area contributed by atoms with E-state index in [1.165, 1.54) is 26.4 Å². The summed E-state index contributed by atoms with van der Waals surface area (Å²) >= 11 is 0. The smallest absolute Gasteiger partial charge is 0.316 e. The summed E-state index contributed by atoms with van der Waals surface area (Å²) in [5.74, 6) is -0.0349. The van der Waals surface area contributed by atoms with Gasteiger partial charge >= 0.3 is 6.03 Å². The molecule has 1 aromatic carbocycles. The molecule has 7 nitrogen and oxygen atoms in total. The first-order valence-corrected chi connectivity index (χ1v) is 4.62. The van der Waals surface area contributed by atoms with Crippen molar-refractivity contribution in [2.75, 3.05) is 19.5 Å². The highest BCUT2D eigenvalue weighted by molar-refractivity contribution is 6.03. The van der Waals surface area contributed by atoms with Gasteiger partial charge in [-0.15, -0.1) is 0 Å². The molecule has 0 saturated heterocycles. The molecule has 1 aromatic rings. The number of urea groups is 1. The third-order valence-electron chi connectivity index (χ3n) is 2.05. The standard InChI is InChI=1S/C10H13N3O4/c1-16-7-3-5(9(11)14)6(13-10(12)15)4-8(7)17-2/h3-4H,1-2H3,(H2,11,14)(H3,12,13,15). The van der Waals surface area contributed by atoms with E-state index in [0.29, 0.717) is 11.5 Å². The Morgan fingerprint density at radius 2 is 1.65 bits per heavy atom. The van der Waals surface area contributed by atoms with Crippen LogP contribution in [0.5, 0.6) is 11.5 Å². The predicted molar refractivity (Wildman–Crippen MR) is 61.3 cm³/mol. The quantitative estimate of drug-likeness (QED) is 0.700. The van der Waals surface area contributed by atoms with Crippen molar-refractivity contribution in [2.45, 2.75) is 0 Å². The molecule has 0 aliphatic rings. The van der Waals surface area contributed by atoms with Crippen LogP contribution in [0.4, 0.5) is 10.5 Å². The summed E-state index contributed by atoms with van der Waals surface area (Å²) in [4.78, 5) is 22.0. The Labute approximate surface area is 97.7 Å². The molecule has 1 rings (SSSR count). The Balaban J connectivity index is 3.34. The lowest BCUT2D eigenvalue weighted by atomic mass is 10.1. The molecule has 3 amide bonds. The van der Waals surface area contributed by atoms with Crippen LogP contribution < -0.4 is 26.3 Å². The molecule has 0 radical (unpaired) electrons. The number of hydrogen-bond donors (Lipinski definition) is 3. The maximum Gasteiger partial charge on any atom is 0.316 e. The summed E-state index contributed by atoms with van der Waals surface area (Å²) in [6.45, 7) is 0. The third kappa shape index (κ3) is 2.77. The number of carbonyl (C=O) groups excluding carboxylic acids is 2. The summed E-state index contributed by atoms with van der Waals surface area (Å²) in [5.41, 5.74) is 10.4. The molecular weight excluding hydrogens is 226 g/mol. The lowest BCUT2D eigenvalue weighted by Crippen LogP contribution is -2.22. The van der Waals surface area contributed by atoms with E-state index in [4.69, 9.17) is 20.9 Å². The Morgan fingerprint density at radius 1 is 1.12 bits per heavy atom. The highest BCUT2D eigenvalue weighted by Crippen LogP contribution is 2.33. The molecule has 0 aromatic heterocycles. The van der Waals surface area contributed by atoms with Gasteiger partial charge < -0.3 is 26.3 Å². The number of hydrogen-bond acceptors (Lipinski definition) is 4. The van der Waals surface area contributed by atoms with Crippen molar-refractivity contribution in [1.82, 2.24) is 0 Å². The van der Waals surface area contributed by atoms with E-state index in [1.807, 2.05) is 0 Å². The summed E-state index contributed by atoms with van der Waals surface area (Å²) < 4.78 is 10.0. The van der Waals surface area contributed by atoms with Crippen LogP contribution in [-0.2, 0) is 0 Å². The van der Waals surface area contributed by atoms with Crippen LogP contribution in [0.15, 0.2) is 12.1 Å². The first-order chi connectivity index (χ1) is 7.99. The van der Waals surface area contributed by atoms with E-state index < -0.39 is 11.9 Å². The van der Waals surface area contributed by atoms with Crippen LogP contribution >= 0.6 is 0 Å². The largest absolute Gasteiger partial charge is 0.493 e. The molecule has 0 aliphatic carbocycles. The topological polar surface area (TPSA) is 117 Å². The monoisotopic (exact) mass is 239 g/mol. The molecule has 0 bridgehead atoms. The van der Waals surface area contributed by atoms with Gasteiger partial charge in [-0.05, 0) is 6.07 Å². The van der Waals surface area contributed by atoms with Crippen LogP contribution in [0.25, 0.3) is 0 Å². The fraction of sp³-hybridized carbons (Fsp3) is 0.200. The highest BCUT2D eigenvalue weighted by atomic mass is 16.5. The van der Waals surface area contributed by atoms with E-state index in [9.17, 15) is 9.59 Å². The molecule has 0 fully saturated rings. The molecule has 17 heavy (non-hydrogen) atoms. The van der Waals surface area contributed by atoms with Crippen LogP contribution in [0, 0.1) is 0 Å². The fourth-order valence-electron chi connectivity index (χ4n) is 1.32. The number of carbonyl (C=O) groups is 2. The van der Waals surface area contributed by atoms with E-state index in [-0.39, 0.29) is 11.3 Å². The Hall–Kier alpha value is -2.44. The molecule has 5 N–H and O–H groups in total. The van der Waals surface area contributed by atoms with E-state index in [2.05, 4.69) is 5.32 Å². The van der Waals surface area contributed by atoms with Gasteiger partial charge in [-0.25, -0.2) is 4.79 Å². The van der Waals surface area contributed by atoms with Gasteiger partial charge in [-0.2, -0.15) is 0 Å². The summed E-state index contributed by atoms with van der Waals surface area (Å²) in [6.07, 6.45) is 0. The average Bonchev–Trinajstić information content (AvgIpc) is 2.27. The van der Waals surface area contributed by atoms with E-state index in [1.54, 1.807) is 0 Å². The maximum atomic E-state index is 11.2. The number of nitrogens with two attached hydrogens (primary N) is 2. The SMILES string of the molecule is COc1cc(NC(N)=O)c(C(N)=O)cc1OC. The van der Waals surface area contributed by atoms with Gasteiger partial charge in [0.2, 0.25) is 0 Å². The number of amides is 3. The van der Waals surface area contributed by atoms with Crippen LogP contribution in [0.1, 0.15) is 10.4 Å². The van der Waals surface area contributed by atoms with Crippen molar-refractivity contribution in [1.29, 1.82) is 0 Å². The van der Waals surface area contributed by atoms with Gasteiger partial charge in [0, 0.05) is 6.07 Å². The summed E-state index contributed by atoms with van der Waals surface area (Å²) in [5, 5.41) is 2.28. The molecule has 0 saturated carbocycles. The second-order valence-electron chi connectivity index (χ2n) is 3.11. The van der Waals surface area contributed by atoms with Gasteiger partial charge in [-0.1, -0.05) is 0 Å². The zero-order chi connectivity index (χ0) is 13.0. The fourth-order valence-corrected chi connectivity index (χ4v) is 1.32. The van der Waals surface area contributed by atoms with Crippen LogP contribution in [0.2, 0.25) is 0 Å².